The lowest BCUT2D eigenvalue weighted by molar-refractivity contribution is 0.279. The van der Waals surface area contributed by atoms with Crippen LogP contribution in [0.2, 0.25) is 0 Å². The minimum Gasteiger partial charge on any atom is -0.347 e. The van der Waals surface area contributed by atoms with Gasteiger partial charge in [-0.3, -0.25) is 0 Å². The SMILES string of the molecule is NCCc1cccc2ccn(CC3CCC3)c12. The quantitative estimate of drug-likeness (QED) is 0.857. The van der Waals surface area contributed by atoms with Crippen LogP contribution >= 0.6 is 0 Å². The molecule has 0 amide bonds. The van der Waals surface area contributed by atoms with Crippen molar-refractivity contribution in [3.05, 3.63) is 36.0 Å². The lowest BCUT2D eigenvalue weighted by Gasteiger charge is -2.26. The second kappa shape index (κ2) is 4.53. The average Bonchev–Trinajstić information content (AvgIpc) is 2.68. The summed E-state index contributed by atoms with van der Waals surface area (Å²) in [4.78, 5) is 0. The Balaban J connectivity index is 1.98. The van der Waals surface area contributed by atoms with Crippen LogP contribution < -0.4 is 5.73 Å². The van der Waals surface area contributed by atoms with E-state index in [1.54, 1.807) is 0 Å². The highest BCUT2D eigenvalue weighted by Crippen LogP contribution is 2.30. The summed E-state index contributed by atoms with van der Waals surface area (Å²) in [7, 11) is 0. The first kappa shape index (κ1) is 10.8. The van der Waals surface area contributed by atoms with E-state index in [0.717, 1.165) is 18.9 Å². The molecular weight excluding hydrogens is 208 g/mol. The number of nitrogens with zero attached hydrogens (tertiary/aromatic N) is 1. The number of benzene rings is 1. The number of aromatic nitrogens is 1. The van der Waals surface area contributed by atoms with E-state index in [4.69, 9.17) is 5.73 Å². The monoisotopic (exact) mass is 228 g/mol. The molecule has 1 aromatic heterocycles. The van der Waals surface area contributed by atoms with E-state index >= 15 is 0 Å². The maximum absolute atomic E-state index is 5.70. The summed E-state index contributed by atoms with van der Waals surface area (Å²) >= 11 is 0. The van der Waals surface area contributed by atoms with Gasteiger partial charge in [0.25, 0.3) is 0 Å². The van der Waals surface area contributed by atoms with Gasteiger partial charge in [-0.1, -0.05) is 24.6 Å². The van der Waals surface area contributed by atoms with Crippen molar-refractivity contribution in [2.75, 3.05) is 6.54 Å². The van der Waals surface area contributed by atoms with Crippen molar-refractivity contribution in [1.29, 1.82) is 0 Å². The van der Waals surface area contributed by atoms with Gasteiger partial charge in [-0.2, -0.15) is 0 Å². The number of hydrogen-bond donors (Lipinski definition) is 1. The van der Waals surface area contributed by atoms with Crippen molar-refractivity contribution >= 4 is 10.9 Å². The zero-order valence-electron chi connectivity index (χ0n) is 10.2. The van der Waals surface area contributed by atoms with Crippen LogP contribution in [0.1, 0.15) is 24.8 Å². The van der Waals surface area contributed by atoms with E-state index in [1.807, 2.05) is 0 Å². The van der Waals surface area contributed by atoms with Gasteiger partial charge in [-0.25, -0.2) is 0 Å². The molecule has 1 saturated carbocycles. The van der Waals surface area contributed by atoms with Crippen molar-refractivity contribution in [2.45, 2.75) is 32.2 Å². The van der Waals surface area contributed by atoms with Gasteiger partial charge < -0.3 is 10.3 Å². The van der Waals surface area contributed by atoms with Crippen LogP contribution in [-0.2, 0) is 13.0 Å². The Kier molecular flexibility index (Phi) is 2.89. The van der Waals surface area contributed by atoms with Crippen molar-refractivity contribution in [3.63, 3.8) is 0 Å². The van der Waals surface area contributed by atoms with E-state index in [-0.39, 0.29) is 0 Å². The molecule has 0 unspecified atom stereocenters. The summed E-state index contributed by atoms with van der Waals surface area (Å²) in [6.45, 7) is 1.92. The minimum absolute atomic E-state index is 0.730. The molecular formula is C15H20N2. The lowest BCUT2D eigenvalue weighted by Crippen LogP contribution is -2.18. The first-order valence-corrected chi connectivity index (χ1v) is 6.65. The molecule has 1 fully saturated rings. The van der Waals surface area contributed by atoms with Crippen molar-refractivity contribution in [2.24, 2.45) is 11.7 Å². The Morgan fingerprint density at radius 1 is 1.24 bits per heavy atom. The van der Waals surface area contributed by atoms with E-state index in [2.05, 4.69) is 35.0 Å². The molecule has 1 heterocycles. The Morgan fingerprint density at radius 3 is 2.82 bits per heavy atom. The highest BCUT2D eigenvalue weighted by Gasteiger charge is 2.18. The van der Waals surface area contributed by atoms with E-state index in [1.165, 1.54) is 42.3 Å². The van der Waals surface area contributed by atoms with Gasteiger partial charge in [0.1, 0.15) is 0 Å². The number of fused-ring (bicyclic) bond motifs is 1. The maximum atomic E-state index is 5.70. The van der Waals surface area contributed by atoms with Crippen LogP contribution in [0.4, 0.5) is 0 Å². The molecule has 90 valence electrons. The predicted octanol–water partition coefficient (Wildman–Crippen LogP) is 2.94. The van der Waals surface area contributed by atoms with Gasteiger partial charge in [0, 0.05) is 12.7 Å². The molecule has 2 N–H and O–H groups in total. The third-order valence-electron chi connectivity index (χ3n) is 3.97. The first-order valence-electron chi connectivity index (χ1n) is 6.65. The predicted molar refractivity (Wildman–Crippen MR) is 72.0 cm³/mol. The average molecular weight is 228 g/mol. The molecule has 1 aliphatic rings. The zero-order chi connectivity index (χ0) is 11.7. The fourth-order valence-corrected chi connectivity index (χ4v) is 2.80. The second-order valence-electron chi connectivity index (χ2n) is 5.16. The molecule has 2 aromatic rings. The van der Waals surface area contributed by atoms with E-state index in [9.17, 15) is 0 Å². The molecule has 0 saturated heterocycles. The van der Waals surface area contributed by atoms with Crippen molar-refractivity contribution in [3.8, 4) is 0 Å². The Labute approximate surface area is 102 Å². The molecule has 0 bridgehead atoms. The van der Waals surface area contributed by atoms with Crippen LogP contribution in [0, 0.1) is 5.92 Å². The highest BCUT2D eigenvalue weighted by atomic mass is 15.0. The van der Waals surface area contributed by atoms with Gasteiger partial charge in [-0.05, 0) is 48.7 Å². The van der Waals surface area contributed by atoms with Gasteiger partial charge in [-0.15, -0.1) is 0 Å². The molecule has 0 spiro atoms. The number of rotatable bonds is 4. The van der Waals surface area contributed by atoms with Gasteiger partial charge in [0.15, 0.2) is 0 Å². The standard InChI is InChI=1S/C15H20N2/c16-9-7-13-5-2-6-14-8-10-17(15(13)14)11-12-3-1-4-12/h2,5-6,8,10,12H,1,3-4,7,9,11,16H2. The van der Waals surface area contributed by atoms with Crippen LogP contribution in [0.15, 0.2) is 30.5 Å². The van der Waals surface area contributed by atoms with Gasteiger partial charge >= 0.3 is 0 Å². The Bertz CT molecular complexity index is 509. The van der Waals surface area contributed by atoms with Crippen LogP contribution in [0.25, 0.3) is 10.9 Å². The Morgan fingerprint density at radius 2 is 2.12 bits per heavy atom. The third-order valence-corrected chi connectivity index (χ3v) is 3.97. The van der Waals surface area contributed by atoms with Gasteiger partial charge in [0.05, 0.1) is 5.52 Å². The third kappa shape index (κ3) is 1.98. The molecule has 2 nitrogen and oxygen atoms in total. The topological polar surface area (TPSA) is 30.9 Å². The molecule has 0 aliphatic heterocycles. The molecule has 1 aromatic carbocycles. The number of hydrogen-bond acceptors (Lipinski definition) is 1. The van der Waals surface area contributed by atoms with Crippen LogP contribution in [-0.4, -0.2) is 11.1 Å². The fourth-order valence-electron chi connectivity index (χ4n) is 2.80. The summed E-state index contributed by atoms with van der Waals surface area (Å²) < 4.78 is 2.43. The highest BCUT2D eigenvalue weighted by molar-refractivity contribution is 5.83. The number of para-hydroxylation sites is 1. The Hall–Kier alpha value is -1.28. The molecule has 0 radical (unpaired) electrons. The molecule has 2 heteroatoms. The minimum atomic E-state index is 0.730. The first-order chi connectivity index (χ1) is 8.38. The van der Waals surface area contributed by atoms with Crippen LogP contribution in [0.5, 0.6) is 0 Å². The largest absolute Gasteiger partial charge is 0.347 e. The number of nitrogens with two attached hydrogens (primary N) is 1. The summed E-state index contributed by atoms with van der Waals surface area (Å²) in [5, 5.41) is 1.36. The fraction of sp³-hybridized carbons (Fsp3) is 0.467. The molecule has 17 heavy (non-hydrogen) atoms. The van der Waals surface area contributed by atoms with Crippen LogP contribution in [0.3, 0.4) is 0 Å². The molecule has 1 aliphatic carbocycles. The summed E-state index contributed by atoms with van der Waals surface area (Å²) in [6, 6.07) is 8.79. The lowest BCUT2D eigenvalue weighted by atomic mass is 9.85. The molecule has 0 atom stereocenters. The summed E-state index contributed by atoms with van der Waals surface area (Å²) in [5.41, 5.74) is 8.50. The summed E-state index contributed by atoms with van der Waals surface area (Å²) in [5.74, 6) is 0.900. The smallest absolute Gasteiger partial charge is 0.0513 e. The maximum Gasteiger partial charge on any atom is 0.0513 e. The van der Waals surface area contributed by atoms with Gasteiger partial charge in [0.2, 0.25) is 0 Å². The van der Waals surface area contributed by atoms with E-state index < -0.39 is 0 Å². The second-order valence-corrected chi connectivity index (χ2v) is 5.16. The van der Waals surface area contributed by atoms with Crippen molar-refractivity contribution < 1.29 is 0 Å². The zero-order valence-corrected chi connectivity index (χ0v) is 10.2. The van der Waals surface area contributed by atoms with Crippen molar-refractivity contribution in [1.82, 2.24) is 4.57 Å². The van der Waals surface area contributed by atoms with E-state index in [0.29, 0.717) is 0 Å². The normalized spacial score (nSPS) is 16.3. The molecule has 3 rings (SSSR count). The summed E-state index contributed by atoms with van der Waals surface area (Å²) in [6.07, 6.45) is 7.44.